The van der Waals surface area contributed by atoms with Crippen LogP contribution in [0.1, 0.15) is 18.9 Å². The monoisotopic (exact) mass is 167 g/mol. The molecule has 0 aromatic heterocycles. The molecule has 0 aliphatic rings. The van der Waals surface area contributed by atoms with Crippen molar-refractivity contribution in [2.45, 2.75) is 25.8 Å². The second kappa shape index (κ2) is 4.21. The predicted octanol–water partition coefficient (Wildman–Crippen LogP) is 2.11. The van der Waals surface area contributed by atoms with Crippen LogP contribution in [-0.2, 0) is 6.42 Å². The molecule has 2 heteroatoms. The first-order valence-electron chi connectivity index (χ1n) is 4.18. The highest BCUT2D eigenvalue weighted by Crippen LogP contribution is 2.06. The smallest absolute Gasteiger partial charge is 0.123 e. The van der Waals surface area contributed by atoms with Crippen LogP contribution in [0.2, 0.25) is 0 Å². The summed E-state index contributed by atoms with van der Waals surface area (Å²) in [6.07, 6.45) is 1.76. The summed E-state index contributed by atoms with van der Waals surface area (Å²) in [5, 5.41) is 0. The van der Waals surface area contributed by atoms with Crippen LogP contribution in [0.25, 0.3) is 0 Å². The molecule has 0 amide bonds. The number of nitrogens with two attached hydrogens (primary N) is 1. The van der Waals surface area contributed by atoms with Crippen LogP contribution in [0.5, 0.6) is 0 Å². The molecular formula is C10H14FN. The number of hydrogen-bond acceptors (Lipinski definition) is 1. The van der Waals surface area contributed by atoms with Crippen molar-refractivity contribution in [3.63, 3.8) is 0 Å². The molecule has 0 aliphatic heterocycles. The first-order valence-corrected chi connectivity index (χ1v) is 4.18. The molecule has 66 valence electrons. The third kappa shape index (κ3) is 3.01. The Morgan fingerprint density at radius 3 is 2.83 bits per heavy atom. The van der Waals surface area contributed by atoms with Gasteiger partial charge >= 0.3 is 0 Å². The molecule has 0 radical (unpaired) electrons. The van der Waals surface area contributed by atoms with Gasteiger partial charge in [0.1, 0.15) is 5.82 Å². The fourth-order valence-corrected chi connectivity index (χ4v) is 1.09. The van der Waals surface area contributed by atoms with Gasteiger partial charge in [-0.15, -0.1) is 0 Å². The Labute approximate surface area is 72.4 Å². The minimum atomic E-state index is -0.169. The molecule has 0 heterocycles. The van der Waals surface area contributed by atoms with E-state index in [4.69, 9.17) is 5.73 Å². The fraction of sp³-hybridized carbons (Fsp3) is 0.400. The summed E-state index contributed by atoms with van der Waals surface area (Å²) in [4.78, 5) is 0. The number of hydrogen-bond donors (Lipinski definition) is 1. The summed E-state index contributed by atoms with van der Waals surface area (Å²) in [5.74, 6) is -0.169. The molecule has 2 N–H and O–H groups in total. The molecule has 1 aromatic carbocycles. The molecule has 0 saturated heterocycles. The summed E-state index contributed by atoms with van der Waals surface area (Å²) >= 11 is 0. The first kappa shape index (κ1) is 9.20. The van der Waals surface area contributed by atoms with Crippen LogP contribution in [0.3, 0.4) is 0 Å². The van der Waals surface area contributed by atoms with Crippen molar-refractivity contribution in [3.8, 4) is 0 Å². The zero-order chi connectivity index (χ0) is 8.97. The highest BCUT2D eigenvalue weighted by Gasteiger charge is 1.97. The quantitative estimate of drug-likeness (QED) is 0.733. The lowest BCUT2D eigenvalue weighted by molar-refractivity contribution is 0.620. The van der Waals surface area contributed by atoms with Crippen molar-refractivity contribution in [3.05, 3.63) is 35.6 Å². The second-order valence-corrected chi connectivity index (χ2v) is 3.15. The molecule has 12 heavy (non-hydrogen) atoms. The van der Waals surface area contributed by atoms with E-state index < -0.39 is 0 Å². The van der Waals surface area contributed by atoms with Crippen LogP contribution in [-0.4, -0.2) is 6.04 Å². The van der Waals surface area contributed by atoms with Gasteiger partial charge in [0, 0.05) is 6.04 Å². The highest BCUT2D eigenvalue weighted by molar-refractivity contribution is 5.16. The Morgan fingerprint density at radius 1 is 1.50 bits per heavy atom. The lowest BCUT2D eigenvalue weighted by Crippen LogP contribution is -2.15. The first-order chi connectivity index (χ1) is 5.68. The molecule has 0 saturated carbocycles. The molecular weight excluding hydrogens is 153 g/mol. The third-order valence-corrected chi connectivity index (χ3v) is 1.78. The molecule has 0 aliphatic carbocycles. The molecule has 0 spiro atoms. The summed E-state index contributed by atoms with van der Waals surface area (Å²) in [5.41, 5.74) is 6.61. The Morgan fingerprint density at radius 2 is 2.25 bits per heavy atom. The Balaban J connectivity index is 2.52. The van der Waals surface area contributed by atoms with Crippen molar-refractivity contribution in [1.82, 2.24) is 0 Å². The Hall–Kier alpha value is -0.890. The maximum atomic E-state index is 12.7. The van der Waals surface area contributed by atoms with Gasteiger partial charge in [-0.2, -0.15) is 0 Å². The van der Waals surface area contributed by atoms with E-state index in [-0.39, 0.29) is 11.9 Å². The van der Waals surface area contributed by atoms with Crippen LogP contribution in [0.15, 0.2) is 24.3 Å². The molecule has 1 aromatic rings. The van der Waals surface area contributed by atoms with Gasteiger partial charge in [0.2, 0.25) is 0 Å². The summed E-state index contributed by atoms with van der Waals surface area (Å²) in [6, 6.07) is 6.85. The van der Waals surface area contributed by atoms with Crippen LogP contribution < -0.4 is 5.73 Å². The molecule has 1 rings (SSSR count). The number of halogens is 1. The standard InChI is InChI=1S/C10H14FN/c1-8(12)5-6-9-3-2-4-10(11)7-9/h2-4,7-8H,5-6,12H2,1H3/t8-/m0/s1. The minimum Gasteiger partial charge on any atom is -0.328 e. The Bertz CT molecular complexity index is 245. The molecule has 1 atom stereocenters. The minimum absolute atomic E-state index is 0.169. The van der Waals surface area contributed by atoms with Gasteiger partial charge in [-0.1, -0.05) is 12.1 Å². The van der Waals surface area contributed by atoms with E-state index in [0.717, 1.165) is 18.4 Å². The van der Waals surface area contributed by atoms with E-state index in [1.165, 1.54) is 6.07 Å². The van der Waals surface area contributed by atoms with E-state index in [9.17, 15) is 4.39 Å². The van der Waals surface area contributed by atoms with E-state index in [1.807, 2.05) is 13.0 Å². The largest absolute Gasteiger partial charge is 0.328 e. The van der Waals surface area contributed by atoms with Gasteiger partial charge in [0.05, 0.1) is 0 Å². The van der Waals surface area contributed by atoms with Gasteiger partial charge in [0.25, 0.3) is 0 Å². The van der Waals surface area contributed by atoms with Crippen molar-refractivity contribution in [2.75, 3.05) is 0 Å². The Kier molecular flexibility index (Phi) is 3.23. The second-order valence-electron chi connectivity index (χ2n) is 3.15. The van der Waals surface area contributed by atoms with Crippen LogP contribution in [0.4, 0.5) is 4.39 Å². The maximum Gasteiger partial charge on any atom is 0.123 e. The van der Waals surface area contributed by atoms with Gasteiger partial charge in [0.15, 0.2) is 0 Å². The van der Waals surface area contributed by atoms with E-state index >= 15 is 0 Å². The normalized spacial score (nSPS) is 12.9. The molecule has 0 fully saturated rings. The van der Waals surface area contributed by atoms with E-state index in [2.05, 4.69) is 0 Å². The van der Waals surface area contributed by atoms with Crippen LogP contribution >= 0.6 is 0 Å². The highest BCUT2D eigenvalue weighted by atomic mass is 19.1. The van der Waals surface area contributed by atoms with Crippen molar-refractivity contribution < 1.29 is 4.39 Å². The molecule has 0 bridgehead atoms. The predicted molar refractivity (Wildman–Crippen MR) is 48.4 cm³/mol. The number of benzene rings is 1. The zero-order valence-electron chi connectivity index (χ0n) is 7.26. The number of rotatable bonds is 3. The number of aryl methyl sites for hydroxylation is 1. The topological polar surface area (TPSA) is 26.0 Å². The van der Waals surface area contributed by atoms with Gasteiger partial charge < -0.3 is 5.73 Å². The maximum absolute atomic E-state index is 12.7. The average Bonchev–Trinajstić information content (AvgIpc) is 2.01. The fourth-order valence-electron chi connectivity index (χ4n) is 1.09. The van der Waals surface area contributed by atoms with Crippen LogP contribution in [0, 0.1) is 5.82 Å². The van der Waals surface area contributed by atoms with Crippen molar-refractivity contribution >= 4 is 0 Å². The van der Waals surface area contributed by atoms with Gasteiger partial charge in [-0.3, -0.25) is 0 Å². The van der Waals surface area contributed by atoms with Crippen molar-refractivity contribution in [1.29, 1.82) is 0 Å². The third-order valence-electron chi connectivity index (χ3n) is 1.78. The SMILES string of the molecule is C[C@H](N)CCc1cccc(F)c1. The lowest BCUT2D eigenvalue weighted by Gasteiger charge is -2.04. The van der Waals surface area contributed by atoms with E-state index in [0.29, 0.717) is 0 Å². The zero-order valence-corrected chi connectivity index (χ0v) is 7.26. The molecule has 0 unspecified atom stereocenters. The summed E-state index contributed by atoms with van der Waals surface area (Å²) < 4.78 is 12.7. The molecule has 1 nitrogen and oxygen atoms in total. The average molecular weight is 167 g/mol. The summed E-state index contributed by atoms with van der Waals surface area (Å²) in [7, 11) is 0. The van der Waals surface area contributed by atoms with Crippen molar-refractivity contribution in [2.24, 2.45) is 5.73 Å². The lowest BCUT2D eigenvalue weighted by atomic mass is 10.1. The van der Waals surface area contributed by atoms with E-state index in [1.54, 1.807) is 12.1 Å². The van der Waals surface area contributed by atoms with Gasteiger partial charge in [-0.05, 0) is 37.5 Å². The van der Waals surface area contributed by atoms with Gasteiger partial charge in [-0.25, -0.2) is 4.39 Å². The summed E-state index contributed by atoms with van der Waals surface area (Å²) in [6.45, 7) is 1.96.